The smallest absolute Gasteiger partial charge is 0.229 e. The summed E-state index contributed by atoms with van der Waals surface area (Å²) in [6, 6.07) is 4.43. The standard InChI is InChI=1S/C18H25N3O/c1-12-9-13(2)16(14(3)10-12)17-19-22-18(5)11-15(4)20(6)7-8-21(17)18/h9-11H,7-8H2,1-6H3. The van der Waals surface area contributed by atoms with E-state index in [0.29, 0.717) is 0 Å². The van der Waals surface area contributed by atoms with Gasteiger partial charge in [-0.15, -0.1) is 0 Å². The molecular weight excluding hydrogens is 274 g/mol. The molecule has 1 atom stereocenters. The quantitative estimate of drug-likeness (QED) is 0.797. The zero-order chi connectivity index (χ0) is 16.1. The van der Waals surface area contributed by atoms with Crippen molar-refractivity contribution in [3.8, 4) is 0 Å². The first-order chi connectivity index (χ1) is 10.3. The lowest BCUT2D eigenvalue weighted by atomic mass is 9.97. The van der Waals surface area contributed by atoms with Crippen LogP contribution >= 0.6 is 0 Å². The molecule has 0 fully saturated rings. The second-order valence-electron chi connectivity index (χ2n) is 6.69. The summed E-state index contributed by atoms with van der Waals surface area (Å²) >= 11 is 0. The van der Waals surface area contributed by atoms with Crippen LogP contribution in [0.4, 0.5) is 0 Å². The van der Waals surface area contributed by atoms with E-state index in [-0.39, 0.29) is 0 Å². The number of fused-ring (bicyclic) bond motifs is 1. The molecule has 1 aromatic carbocycles. The van der Waals surface area contributed by atoms with E-state index < -0.39 is 5.72 Å². The fourth-order valence-electron chi connectivity index (χ4n) is 3.51. The van der Waals surface area contributed by atoms with Crippen molar-refractivity contribution in [1.29, 1.82) is 0 Å². The van der Waals surface area contributed by atoms with Crippen LogP contribution in [0.25, 0.3) is 0 Å². The van der Waals surface area contributed by atoms with E-state index in [1.165, 1.54) is 28.0 Å². The molecule has 2 aliphatic rings. The molecule has 2 aliphatic heterocycles. The molecule has 22 heavy (non-hydrogen) atoms. The number of aryl methyl sites for hydroxylation is 3. The van der Waals surface area contributed by atoms with Gasteiger partial charge in [-0.1, -0.05) is 22.9 Å². The molecule has 1 unspecified atom stereocenters. The first-order valence-electron chi connectivity index (χ1n) is 7.84. The Morgan fingerprint density at radius 2 is 1.73 bits per heavy atom. The van der Waals surface area contributed by atoms with Gasteiger partial charge < -0.3 is 14.6 Å². The van der Waals surface area contributed by atoms with Crippen LogP contribution in [0.15, 0.2) is 29.1 Å². The Morgan fingerprint density at radius 3 is 2.36 bits per heavy atom. The maximum atomic E-state index is 5.86. The van der Waals surface area contributed by atoms with E-state index in [4.69, 9.17) is 4.84 Å². The van der Waals surface area contributed by atoms with Gasteiger partial charge in [-0.2, -0.15) is 0 Å². The molecule has 1 aromatic rings. The summed E-state index contributed by atoms with van der Waals surface area (Å²) in [5.74, 6) is 0.955. The van der Waals surface area contributed by atoms with Gasteiger partial charge in [0, 0.05) is 44.4 Å². The normalized spacial score (nSPS) is 24.5. The zero-order valence-electron chi connectivity index (χ0n) is 14.4. The molecule has 4 heteroatoms. The highest BCUT2D eigenvalue weighted by molar-refractivity contribution is 6.02. The number of benzene rings is 1. The number of hydrogen-bond acceptors (Lipinski definition) is 4. The third-order valence-corrected chi connectivity index (χ3v) is 4.75. The van der Waals surface area contributed by atoms with Crippen molar-refractivity contribution in [1.82, 2.24) is 9.80 Å². The Hall–Kier alpha value is -1.97. The summed E-state index contributed by atoms with van der Waals surface area (Å²) in [5, 5.41) is 4.45. The van der Waals surface area contributed by atoms with Crippen LogP contribution in [-0.2, 0) is 4.84 Å². The molecule has 0 saturated heterocycles. The van der Waals surface area contributed by atoms with Crippen LogP contribution in [0.3, 0.4) is 0 Å². The SMILES string of the molecule is CC1=CC2(C)ON=C(c3c(C)cc(C)cc3C)N2CCN1C. The summed E-state index contributed by atoms with van der Waals surface area (Å²) in [7, 11) is 2.12. The molecule has 0 spiro atoms. The molecule has 0 bridgehead atoms. The minimum absolute atomic E-state index is 0.492. The number of nitrogens with zero attached hydrogens (tertiary/aromatic N) is 3. The van der Waals surface area contributed by atoms with E-state index in [1.54, 1.807) is 0 Å². The number of hydrogen-bond donors (Lipinski definition) is 0. The molecule has 2 heterocycles. The minimum Gasteiger partial charge on any atom is -0.376 e. The number of allylic oxidation sites excluding steroid dienone is 1. The van der Waals surface area contributed by atoms with Crippen LogP contribution in [0.5, 0.6) is 0 Å². The Labute approximate surface area is 133 Å². The van der Waals surface area contributed by atoms with Crippen molar-refractivity contribution < 1.29 is 4.84 Å². The van der Waals surface area contributed by atoms with Crippen molar-refractivity contribution in [3.05, 3.63) is 46.2 Å². The van der Waals surface area contributed by atoms with Crippen LogP contribution in [-0.4, -0.2) is 41.5 Å². The largest absolute Gasteiger partial charge is 0.376 e. The van der Waals surface area contributed by atoms with Crippen LogP contribution in [0, 0.1) is 20.8 Å². The summed E-state index contributed by atoms with van der Waals surface area (Å²) in [6.45, 7) is 12.5. The predicted molar refractivity (Wildman–Crippen MR) is 89.8 cm³/mol. The van der Waals surface area contributed by atoms with E-state index >= 15 is 0 Å². The topological polar surface area (TPSA) is 28.1 Å². The van der Waals surface area contributed by atoms with Crippen LogP contribution < -0.4 is 0 Å². The third-order valence-electron chi connectivity index (χ3n) is 4.75. The van der Waals surface area contributed by atoms with E-state index in [1.807, 2.05) is 0 Å². The minimum atomic E-state index is -0.492. The van der Waals surface area contributed by atoms with Gasteiger partial charge in [-0.05, 0) is 38.8 Å². The molecule has 118 valence electrons. The Morgan fingerprint density at radius 1 is 1.09 bits per heavy atom. The zero-order valence-corrected chi connectivity index (χ0v) is 14.4. The van der Waals surface area contributed by atoms with Crippen molar-refractivity contribution in [2.45, 2.75) is 40.3 Å². The Kier molecular flexibility index (Phi) is 3.42. The monoisotopic (exact) mass is 299 g/mol. The molecule has 0 amide bonds. The first-order valence-corrected chi connectivity index (χ1v) is 7.84. The maximum Gasteiger partial charge on any atom is 0.229 e. The lowest BCUT2D eigenvalue weighted by molar-refractivity contribution is -0.0416. The van der Waals surface area contributed by atoms with Gasteiger partial charge >= 0.3 is 0 Å². The van der Waals surface area contributed by atoms with Crippen LogP contribution in [0.1, 0.15) is 36.1 Å². The molecular formula is C18H25N3O. The highest BCUT2D eigenvalue weighted by atomic mass is 16.7. The van der Waals surface area contributed by atoms with E-state index in [9.17, 15) is 0 Å². The average molecular weight is 299 g/mol. The van der Waals surface area contributed by atoms with Gasteiger partial charge in [0.1, 0.15) is 0 Å². The second kappa shape index (κ2) is 5.04. The van der Waals surface area contributed by atoms with Crippen LogP contribution in [0.2, 0.25) is 0 Å². The lowest BCUT2D eigenvalue weighted by Gasteiger charge is -2.31. The Bertz CT molecular complexity index is 654. The van der Waals surface area contributed by atoms with Gasteiger partial charge in [0.15, 0.2) is 5.84 Å². The predicted octanol–water partition coefficient (Wildman–Crippen LogP) is 3.17. The number of rotatable bonds is 1. The van der Waals surface area contributed by atoms with E-state index in [0.717, 1.165) is 18.9 Å². The molecule has 0 N–H and O–H groups in total. The molecule has 0 aromatic heterocycles. The first kappa shape index (κ1) is 14.9. The highest BCUT2D eigenvalue weighted by Crippen LogP contribution is 2.33. The van der Waals surface area contributed by atoms with Crippen molar-refractivity contribution in [2.24, 2.45) is 5.16 Å². The third kappa shape index (κ3) is 2.27. The Balaban J connectivity index is 2.05. The summed E-state index contributed by atoms with van der Waals surface area (Å²) in [6.07, 6.45) is 2.16. The number of likely N-dealkylation sites (N-methyl/N-ethyl adjacent to an activating group) is 1. The maximum absolute atomic E-state index is 5.86. The van der Waals surface area contributed by atoms with E-state index in [2.05, 4.69) is 74.8 Å². The number of oxime groups is 1. The van der Waals surface area contributed by atoms with Gasteiger partial charge in [0.05, 0.1) is 0 Å². The number of amidine groups is 1. The summed E-state index contributed by atoms with van der Waals surface area (Å²) in [4.78, 5) is 10.4. The van der Waals surface area contributed by atoms with Crippen molar-refractivity contribution in [3.63, 3.8) is 0 Å². The van der Waals surface area contributed by atoms with Gasteiger partial charge in [0.25, 0.3) is 0 Å². The van der Waals surface area contributed by atoms with Crippen molar-refractivity contribution in [2.75, 3.05) is 20.1 Å². The summed E-state index contributed by atoms with van der Waals surface area (Å²) in [5.41, 5.74) is 5.72. The molecule has 0 aliphatic carbocycles. The second-order valence-corrected chi connectivity index (χ2v) is 6.69. The summed E-state index contributed by atoms with van der Waals surface area (Å²) < 4.78 is 0. The fraction of sp³-hybridized carbons (Fsp3) is 0.500. The molecule has 4 nitrogen and oxygen atoms in total. The lowest BCUT2D eigenvalue weighted by Crippen LogP contribution is -2.46. The van der Waals surface area contributed by atoms with Crippen molar-refractivity contribution >= 4 is 5.84 Å². The molecule has 0 radical (unpaired) electrons. The molecule has 0 saturated carbocycles. The fourth-order valence-corrected chi connectivity index (χ4v) is 3.51. The van der Waals surface area contributed by atoms with Gasteiger partial charge in [-0.3, -0.25) is 0 Å². The molecule has 3 rings (SSSR count). The van der Waals surface area contributed by atoms with Gasteiger partial charge in [0.2, 0.25) is 5.72 Å². The average Bonchev–Trinajstić information content (AvgIpc) is 2.66. The highest BCUT2D eigenvalue weighted by Gasteiger charge is 2.43. The van der Waals surface area contributed by atoms with Gasteiger partial charge in [-0.25, -0.2) is 0 Å².